The van der Waals surface area contributed by atoms with Crippen LogP contribution in [-0.2, 0) is 14.4 Å². The van der Waals surface area contributed by atoms with E-state index in [1.807, 2.05) is 20.8 Å². The average Bonchev–Trinajstić information content (AvgIpc) is 2.93. The van der Waals surface area contributed by atoms with Gasteiger partial charge in [-0.1, -0.05) is 0 Å². The number of carboxylic acids is 1. The van der Waals surface area contributed by atoms with E-state index in [9.17, 15) is 14.4 Å². The molecule has 0 saturated heterocycles. The summed E-state index contributed by atoms with van der Waals surface area (Å²) in [6, 6.07) is -0.660. The van der Waals surface area contributed by atoms with E-state index in [4.69, 9.17) is 5.11 Å². The lowest BCUT2D eigenvalue weighted by Crippen LogP contribution is -2.51. The van der Waals surface area contributed by atoms with E-state index in [1.54, 1.807) is 6.92 Å². The minimum atomic E-state index is -0.957. The predicted molar refractivity (Wildman–Crippen MR) is 64.7 cm³/mol. The van der Waals surface area contributed by atoms with Crippen LogP contribution in [0.3, 0.4) is 0 Å². The van der Waals surface area contributed by atoms with Crippen LogP contribution in [0, 0.1) is 11.8 Å². The summed E-state index contributed by atoms with van der Waals surface area (Å²) in [6.07, 6.45) is 0.356. The zero-order chi connectivity index (χ0) is 14.1. The van der Waals surface area contributed by atoms with E-state index >= 15 is 0 Å². The number of nitrogens with one attached hydrogen (secondary N) is 2. The lowest BCUT2D eigenvalue weighted by Gasteiger charge is -2.23. The van der Waals surface area contributed by atoms with E-state index in [0.29, 0.717) is 6.42 Å². The van der Waals surface area contributed by atoms with Crippen molar-refractivity contribution >= 4 is 17.8 Å². The van der Waals surface area contributed by atoms with Crippen molar-refractivity contribution in [3.63, 3.8) is 0 Å². The van der Waals surface area contributed by atoms with Gasteiger partial charge in [0.05, 0.1) is 11.8 Å². The smallest absolute Gasteiger partial charge is 0.307 e. The quantitative estimate of drug-likeness (QED) is 0.666. The van der Waals surface area contributed by atoms with Crippen molar-refractivity contribution in [3.05, 3.63) is 0 Å². The molecule has 6 nitrogen and oxygen atoms in total. The number of hydrogen-bond acceptors (Lipinski definition) is 3. The molecule has 0 heterocycles. The number of carbonyl (C=O) groups is 3. The molecule has 0 aromatic heterocycles. The Bertz CT molecular complexity index is 373. The van der Waals surface area contributed by atoms with Crippen LogP contribution in [0.1, 0.15) is 34.1 Å². The lowest BCUT2D eigenvalue weighted by molar-refractivity contribution is -0.140. The summed E-state index contributed by atoms with van der Waals surface area (Å²) >= 11 is 0. The second-order valence-electron chi connectivity index (χ2n) is 5.76. The maximum Gasteiger partial charge on any atom is 0.307 e. The second-order valence-corrected chi connectivity index (χ2v) is 5.76. The monoisotopic (exact) mass is 256 g/mol. The van der Waals surface area contributed by atoms with Gasteiger partial charge in [0.2, 0.25) is 11.8 Å². The Balaban J connectivity index is 2.41. The summed E-state index contributed by atoms with van der Waals surface area (Å²) in [5.74, 6) is -2.68. The Kier molecular flexibility index (Phi) is 3.98. The van der Waals surface area contributed by atoms with Gasteiger partial charge in [-0.2, -0.15) is 0 Å². The normalized spacial score (nSPS) is 24.0. The molecule has 0 aromatic rings. The number of carboxylic acid groups (broad SMARTS) is 1. The summed E-state index contributed by atoms with van der Waals surface area (Å²) in [6.45, 7) is 7.12. The largest absolute Gasteiger partial charge is 0.481 e. The zero-order valence-electron chi connectivity index (χ0n) is 11.1. The molecule has 0 bridgehead atoms. The minimum Gasteiger partial charge on any atom is -0.481 e. The van der Waals surface area contributed by atoms with Crippen molar-refractivity contribution in [2.45, 2.75) is 45.7 Å². The molecule has 1 saturated carbocycles. The van der Waals surface area contributed by atoms with E-state index in [1.165, 1.54) is 0 Å². The number of amides is 2. The molecule has 18 heavy (non-hydrogen) atoms. The van der Waals surface area contributed by atoms with E-state index in [0.717, 1.165) is 0 Å². The van der Waals surface area contributed by atoms with Gasteiger partial charge in [-0.3, -0.25) is 14.4 Å². The highest BCUT2D eigenvalue weighted by Gasteiger charge is 2.48. The topological polar surface area (TPSA) is 95.5 Å². The van der Waals surface area contributed by atoms with Crippen molar-refractivity contribution in [1.82, 2.24) is 10.6 Å². The third kappa shape index (κ3) is 4.01. The lowest BCUT2D eigenvalue weighted by atomic mass is 10.1. The molecule has 0 aliphatic heterocycles. The van der Waals surface area contributed by atoms with Crippen molar-refractivity contribution in [1.29, 1.82) is 0 Å². The molecule has 0 spiro atoms. The molecule has 3 atom stereocenters. The van der Waals surface area contributed by atoms with Gasteiger partial charge in [0.15, 0.2) is 0 Å². The Morgan fingerprint density at radius 3 is 2.17 bits per heavy atom. The second kappa shape index (κ2) is 4.96. The molecule has 0 radical (unpaired) electrons. The third-order valence-electron chi connectivity index (χ3n) is 2.69. The fraction of sp³-hybridized carbons (Fsp3) is 0.750. The fourth-order valence-electron chi connectivity index (χ4n) is 1.62. The molecule has 1 rings (SSSR count). The van der Waals surface area contributed by atoms with Crippen LogP contribution in [0.4, 0.5) is 0 Å². The Hall–Kier alpha value is -1.59. The van der Waals surface area contributed by atoms with Crippen LogP contribution in [0.25, 0.3) is 0 Å². The molecule has 102 valence electrons. The first-order chi connectivity index (χ1) is 8.11. The first-order valence-corrected chi connectivity index (χ1v) is 5.97. The standard InChI is InChI=1S/C12H20N2O4/c1-6(9(15)14-12(2,3)4)13-10(16)7-5-8(7)11(17)18/h6-8H,5H2,1-4H3,(H,13,16)(H,14,15)(H,17,18)/t6?,7-,8+/m1/s1. The predicted octanol–water partition coefficient (Wildman–Crippen LogP) is 0.126. The van der Waals surface area contributed by atoms with Crippen molar-refractivity contribution in [2.24, 2.45) is 11.8 Å². The molecule has 3 N–H and O–H groups in total. The zero-order valence-corrected chi connectivity index (χ0v) is 11.1. The van der Waals surface area contributed by atoms with Gasteiger partial charge >= 0.3 is 5.97 Å². The number of rotatable bonds is 4. The highest BCUT2D eigenvalue weighted by atomic mass is 16.4. The highest BCUT2D eigenvalue weighted by molar-refractivity contribution is 5.93. The molecule has 1 aliphatic rings. The number of aliphatic carboxylic acids is 1. The molecule has 1 fully saturated rings. The average molecular weight is 256 g/mol. The maximum absolute atomic E-state index is 11.7. The number of carbonyl (C=O) groups excluding carboxylic acids is 2. The summed E-state index contributed by atoms with van der Waals surface area (Å²) in [5.41, 5.74) is -0.362. The summed E-state index contributed by atoms with van der Waals surface area (Å²) < 4.78 is 0. The van der Waals surface area contributed by atoms with Crippen LogP contribution in [0.15, 0.2) is 0 Å². The van der Waals surface area contributed by atoms with E-state index in [-0.39, 0.29) is 17.4 Å². The van der Waals surface area contributed by atoms with E-state index in [2.05, 4.69) is 10.6 Å². The third-order valence-corrected chi connectivity index (χ3v) is 2.69. The van der Waals surface area contributed by atoms with Crippen molar-refractivity contribution in [3.8, 4) is 0 Å². The van der Waals surface area contributed by atoms with Crippen LogP contribution in [0.2, 0.25) is 0 Å². The molecule has 1 aliphatic carbocycles. The van der Waals surface area contributed by atoms with Gasteiger partial charge in [0, 0.05) is 5.54 Å². The van der Waals surface area contributed by atoms with Crippen LogP contribution in [0.5, 0.6) is 0 Å². The van der Waals surface area contributed by atoms with Gasteiger partial charge in [-0.25, -0.2) is 0 Å². The molecular formula is C12H20N2O4. The van der Waals surface area contributed by atoms with Crippen LogP contribution >= 0.6 is 0 Å². The summed E-state index contributed by atoms with van der Waals surface area (Å²) in [4.78, 5) is 34.0. The fourth-order valence-corrected chi connectivity index (χ4v) is 1.62. The van der Waals surface area contributed by atoms with Gasteiger partial charge in [-0.05, 0) is 34.1 Å². The number of hydrogen-bond donors (Lipinski definition) is 3. The Morgan fingerprint density at radius 1 is 1.22 bits per heavy atom. The van der Waals surface area contributed by atoms with E-state index < -0.39 is 23.8 Å². The summed E-state index contributed by atoms with van der Waals surface area (Å²) in [5, 5.41) is 14.0. The SMILES string of the molecule is CC(NC(=O)[C@@H]1C[C@@H]1C(=O)O)C(=O)NC(C)(C)C. The maximum atomic E-state index is 11.7. The molecule has 0 aromatic carbocycles. The molecule has 6 heteroatoms. The first kappa shape index (κ1) is 14.5. The van der Waals surface area contributed by atoms with Crippen molar-refractivity contribution in [2.75, 3.05) is 0 Å². The van der Waals surface area contributed by atoms with Gasteiger partial charge in [0.25, 0.3) is 0 Å². The highest BCUT2D eigenvalue weighted by Crippen LogP contribution is 2.38. The van der Waals surface area contributed by atoms with Crippen LogP contribution in [-0.4, -0.2) is 34.5 Å². The Labute approximate surface area is 106 Å². The minimum absolute atomic E-state index is 0.275. The molecule has 1 unspecified atom stereocenters. The first-order valence-electron chi connectivity index (χ1n) is 5.97. The van der Waals surface area contributed by atoms with Gasteiger partial charge in [0.1, 0.15) is 6.04 Å². The van der Waals surface area contributed by atoms with Crippen LogP contribution < -0.4 is 10.6 Å². The molecular weight excluding hydrogens is 236 g/mol. The Morgan fingerprint density at radius 2 is 1.78 bits per heavy atom. The van der Waals surface area contributed by atoms with Crippen molar-refractivity contribution < 1.29 is 19.5 Å². The summed E-state index contributed by atoms with van der Waals surface area (Å²) in [7, 11) is 0. The van der Waals surface area contributed by atoms with Gasteiger partial charge in [-0.15, -0.1) is 0 Å². The van der Waals surface area contributed by atoms with Gasteiger partial charge < -0.3 is 15.7 Å². The molecule has 2 amide bonds.